The number of aryl methyl sites for hydroxylation is 1. The molecule has 1 aliphatic rings. The Labute approximate surface area is 170 Å². The zero-order valence-corrected chi connectivity index (χ0v) is 18.1. The van der Waals surface area contributed by atoms with Crippen LogP contribution in [0.3, 0.4) is 0 Å². The lowest BCUT2D eigenvalue weighted by atomic mass is 9.80. The van der Waals surface area contributed by atoms with Gasteiger partial charge in [-0.2, -0.15) is 0 Å². The van der Waals surface area contributed by atoms with Crippen LogP contribution in [0.1, 0.15) is 60.6 Å². The highest BCUT2D eigenvalue weighted by Crippen LogP contribution is 2.42. The van der Waals surface area contributed by atoms with Gasteiger partial charge in [-0.3, -0.25) is 4.79 Å². The number of hydrogen-bond donors (Lipinski definition) is 0. The molecule has 0 saturated carbocycles. The first-order valence-corrected chi connectivity index (χ1v) is 11.3. The number of fused-ring (bicyclic) bond motifs is 1. The number of rotatable bonds is 4. The van der Waals surface area contributed by atoms with Crippen LogP contribution in [0.5, 0.6) is 0 Å². The van der Waals surface area contributed by atoms with E-state index in [-0.39, 0.29) is 11.4 Å². The van der Waals surface area contributed by atoms with Crippen molar-refractivity contribution in [3.05, 3.63) is 50.7 Å². The van der Waals surface area contributed by atoms with Crippen LogP contribution in [0.4, 0.5) is 0 Å². The minimum atomic E-state index is -0.179. The summed E-state index contributed by atoms with van der Waals surface area (Å²) in [5, 5.41) is 0. The Bertz CT molecular complexity index is 897. The van der Waals surface area contributed by atoms with Crippen LogP contribution in [0.2, 0.25) is 0 Å². The van der Waals surface area contributed by atoms with Crippen molar-refractivity contribution in [2.24, 2.45) is 0 Å². The Morgan fingerprint density at radius 3 is 2.78 bits per heavy atom. The maximum Gasteiger partial charge on any atom is 0.311 e. The number of carbonyl (C=O) groups excluding carboxylic acids is 1. The van der Waals surface area contributed by atoms with Gasteiger partial charge >= 0.3 is 5.97 Å². The second-order valence-electron chi connectivity index (χ2n) is 7.34. The quantitative estimate of drug-likeness (QED) is 0.496. The van der Waals surface area contributed by atoms with Crippen molar-refractivity contribution < 1.29 is 9.53 Å². The summed E-state index contributed by atoms with van der Waals surface area (Å²) in [5.74, 6) is 7.71. The van der Waals surface area contributed by atoms with Crippen LogP contribution >= 0.6 is 23.1 Å². The van der Waals surface area contributed by atoms with Crippen molar-refractivity contribution in [3.63, 3.8) is 0 Å². The molecule has 0 saturated heterocycles. The molecule has 0 amide bonds. The van der Waals surface area contributed by atoms with Crippen molar-refractivity contribution in [2.75, 3.05) is 12.4 Å². The van der Waals surface area contributed by atoms with Crippen molar-refractivity contribution in [1.82, 2.24) is 0 Å². The molecule has 2 nitrogen and oxygen atoms in total. The molecule has 2 aromatic rings. The molecule has 0 unspecified atom stereocenters. The molecule has 2 heterocycles. The van der Waals surface area contributed by atoms with Crippen LogP contribution in [0.15, 0.2) is 29.2 Å². The maximum atomic E-state index is 11.6. The smallest absolute Gasteiger partial charge is 0.311 e. The summed E-state index contributed by atoms with van der Waals surface area (Å²) in [7, 11) is 0. The number of thiophene rings is 1. The van der Waals surface area contributed by atoms with Gasteiger partial charge < -0.3 is 4.74 Å². The molecule has 0 N–H and O–H groups in total. The van der Waals surface area contributed by atoms with E-state index < -0.39 is 0 Å². The third-order valence-electron chi connectivity index (χ3n) is 4.91. The molecule has 1 aromatic carbocycles. The number of esters is 1. The SMILES string of the molecule is CCOC(=O)Cc1ccc(C#Cc2cc3c(cc2CC)SCCC3(C)C)s1. The fourth-order valence-corrected chi connectivity index (χ4v) is 5.65. The van der Waals surface area contributed by atoms with Crippen LogP contribution in [-0.4, -0.2) is 18.3 Å². The second-order valence-corrected chi connectivity index (χ2v) is 9.64. The van der Waals surface area contributed by atoms with Gasteiger partial charge in [-0.15, -0.1) is 23.1 Å². The van der Waals surface area contributed by atoms with Gasteiger partial charge in [-0.25, -0.2) is 0 Å². The lowest BCUT2D eigenvalue weighted by Crippen LogP contribution is -2.23. The first kappa shape index (κ1) is 20.0. The van der Waals surface area contributed by atoms with E-state index in [0.717, 1.165) is 21.7 Å². The molecular weight excluding hydrogens is 372 g/mol. The minimum Gasteiger partial charge on any atom is -0.466 e. The van der Waals surface area contributed by atoms with Gasteiger partial charge in [0, 0.05) is 15.3 Å². The van der Waals surface area contributed by atoms with E-state index >= 15 is 0 Å². The largest absolute Gasteiger partial charge is 0.466 e. The molecule has 0 fully saturated rings. The van der Waals surface area contributed by atoms with Crippen LogP contribution < -0.4 is 0 Å². The highest BCUT2D eigenvalue weighted by atomic mass is 32.2. The summed E-state index contributed by atoms with van der Waals surface area (Å²) in [6.07, 6.45) is 2.51. The van der Waals surface area contributed by atoms with Gasteiger partial charge in [0.1, 0.15) is 0 Å². The van der Waals surface area contributed by atoms with E-state index in [9.17, 15) is 4.79 Å². The number of carbonyl (C=O) groups is 1. The van der Waals surface area contributed by atoms with E-state index in [0.29, 0.717) is 13.0 Å². The van der Waals surface area contributed by atoms with Crippen LogP contribution in [-0.2, 0) is 27.8 Å². The van der Waals surface area contributed by atoms with Crippen molar-refractivity contribution in [3.8, 4) is 11.8 Å². The van der Waals surface area contributed by atoms with Crippen LogP contribution in [0.25, 0.3) is 0 Å². The topological polar surface area (TPSA) is 26.3 Å². The van der Waals surface area contributed by atoms with E-state index in [1.165, 1.54) is 28.2 Å². The van der Waals surface area contributed by atoms with Gasteiger partial charge in [0.2, 0.25) is 0 Å². The van der Waals surface area contributed by atoms with E-state index in [1.54, 1.807) is 11.3 Å². The summed E-state index contributed by atoms with van der Waals surface area (Å²) in [6, 6.07) is 8.61. The molecule has 27 heavy (non-hydrogen) atoms. The third kappa shape index (κ3) is 4.78. The fraction of sp³-hybridized carbons (Fsp3) is 0.435. The summed E-state index contributed by atoms with van der Waals surface area (Å²) in [4.78, 5) is 15.0. The van der Waals surface area contributed by atoms with Gasteiger partial charge in [0.15, 0.2) is 0 Å². The Hall–Kier alpha value is -1.70. The molecule has 0 radical (unpaired) electrons. The highest BCUT2D eigenvalue weighted by Gasteiger charge is 2.28. The van der Waals surface area contributed by atoms with Gasteiger partial charge in [-0.1, -0.05) is 32.6 Å². The van der Waals surface area contributed by atoms with E-state index in [4.69, 9.17) is 4.74 Å². The number of benzene rings is 1. The van der Waals surface area contributed by atoms with Crippen molar-refractivity contribution >= 4 is 29.1 Å². The van der Waals surface area contributed by atoms with Gasteiger partial charge in [-0.05, 0) is 66.3 Å². The van der Waals surface area contributed by atoms with Gasteiger partial charge in [0.25, 0.3) is 0 Å². The van der Waals surface area contributed by atoms with Crippen LogP contribution in [0, 0.1) is 11.8 Å². The number of thioether (sulfide) groups is 1. The zero-order chi connectivity index (χ0) is 19.4. The molecule has 142 valence electrons. The second kappa shape index (κ2) is 8.54. The summed E-state index contributed by atoms with van der Waals surface area (Å²) in [6.45, 7) is 9.09. The number of hydrogen-bond acceptors (Lipinski definition) is 4. The lowest BCUT2D eigenvalue weighted by Gasteiger charge is -2.32. The molecular formula is C23H26O2S2. The molecule has 0 spiro atoms. The monoisotopic (exact) mass is 398 g/mol. The Balaban J connectivity index is 1.86. The fourth-order valence-electron chi connectivity index (χ4n) is 3.25. The normalized spacial score (nSPS) is 14.8. The Morgan fingerprint density at radius 2 is 2.04 bits per heavy atom. The predicted octanol–water partition coefficient (Wildman–Crippen LogP) is 5.59. The lowest BCUT2D eigenvalue weighted by molar-refractivity contribution is -0.142. The predicted molar refractivity (Wildman–Crippen MR) is 115 cm³/mol. The molecule has 3 rings (SSSR count). The Morgan fingerprint density at radius 1 is 1.22 bits per heavy atom. The van der Waals surface area contributed by atoms with Crippen molar-refractivity contribution in [1.29, 1.82) is 0 Å². The summed E-state index contributed by atoms with van der Waals surface area (Å²) >= 11 is 3.54. The average molecular weight is 399 g/mol. The highest BCUT2D eigenvalue weighted by molar-refractivity contribution is 7.99. The summed E-state index contributed by atoms with van der Waals surface area (Å²) < 4.78 is 5.02. The van der Waals surface area contributed by atoms with E-state index in [1.807, 2.05) is 30.8 Å². The first-order valence-electron chi connectivity index (χ1n) is 9.49. The number of ether oxygens (including phenoxy) is 1. The molecule has 1 aromatic heterocycles. The van der Waals surface area contributed by atoms with Crippen molar-refractivity contribution in [2.45, 2.75) is 57.3 Å². The molecule has 1 aliphatic heterocycles. The zero-order valence-electron chi connectivity index (χ0n) is 16.5. The molecule has 4 heteroatoms. The molecule has 0 bridgehead atoms. The third-order valence-corrected chi connectivity index (χ3v) is 6.96. The Kier molecular flexibility index (Phi) is 6.34. The average Bonchev–Trinajstić information content (AvgIpc) is 3.06. The standard InChI is InChI=1S/C23H26O2S2/c1-5-16-14-21-20(23(3,4)11-12-26-21)13-17(16)7-8-18-9-10-19(27-18)15-22(24)25-6-2/h9-10,13-14H,5-6,11-12,15H2,1-4H3. The summed E-state index contributed by atoms with van der Waals surface area (Å²) in [5.41, 5.74) is 4.08. The molecule has 0 atom stereocenters. The maximum absolute atomic E-state index is 11.6. The minimum absolute atomic E-state index is 0.179. The van der Waals surface area contributed by atoms with E-state index in [2.05, 4.69) is 44.7 Å². The van der Waals surface area contributed by atoms with Gasteiger partial charge in [0.05, 0.1) is 17.9 Å². The molecule has 0 aliphatic carbocycles. The first-order chi connectivity index (χ1) is 12.9.